The van der Waals surface area contributed by atoms with Crippen molar-refractivity contribution >= 4 is 46.9 Å². The first kappa shape index (κ1) is 21.0. The fraction of sp³-hybridized carbons (Fsp3) is 0.765. The first-order chi connectivity index (χ1) is 12.1. The number of carbonyl (C=O) groups is 3. The fourth-order valence-corrected chi connectivity index (χ4v) is 4.32. The zero-order valence-electron chi connectivity index (χ0n) is 15.0. The zero-order chi connectivity index (χ0) is 17.8. The smallest absolute Gasteiger partial charge is 0.309 e. The fourth-order valence-electron chi connectivity index (χ4n) is 3.36. The number of amidine groups is 1. The van der Waals surface area contributed by atoms with Crippen LogP contribution in [-0.2, 0) is 14.4 Å². The van der Waals surface area contributed by atoms with Gasteiger partial charge in [0.25, 0.3) is 0 Å². The molecular formula is C17H27ClN4O3S. The molecule has 2 amide bonds. The Balaban J connectivity index is 0.00000243. The Kier molecular flexibility index (Phi) is 7.76. The molecule has 2 N–H and O–H groups in total. The van der Waals surface area contributed by atoms with E-state index >= 15 is 0 Å². The number of nitrogens with zero attached hydrogens (tertiary/aromatic N) is 2. The van der Waals surface area contributed by atoms with Gasteiger partial charge in [0.15, 0.2) is 5.17 Å². The molecule has 0 spiro atoms. The van der Waals surface area contributed by atoms with Gasteiger partial charge in [-0.1, -0.05) is 31.0 Å². The van der Waals surface area contributed by atoms with Gasteiger partial charge in [0.1, 0.15) is 6.04 Å². The van der Waals surface area contributed by atoms with Crippen LogP contribution < -0.4 is 10.7 Å². The van der Waals surface area contributed by atoms with Crippen LogP contribution in [0.4, 0.5) is 0 Å². The topological polar surface area (TPSA) is 90.9 Å². The Labute approximate surface area is 164 Å². The van der Waals surface area contributed by atoms with Crippen LogP contribution in [0.25, 0.3) is 0 Å². The highest BCUT2D eigenvalue weighted by Crippen LogP contribution is 2.34. The number of Topliss-reactive ketones (excluding diaryl/α,β-unsaturated/α-hetero) is 1. The van der Waals surface area contributed by atoms with E-state index in [2.05, 4.69) is 15.8 Å². The third kappa shape index (κ3) is 5.36. The molecular weight excluding hydrogens is 376 g/mol. The van der Waals surface area contributed by atoms with Gasteiger partial charge in [0, 0.05) is 25.3 Å². The second kappa shape index (κ2) is 9.60. The molecule has 9 heteroatoms. The third-order valence-corrected chi connectivity index (χ3v) is 6.16. The lowest BCUT2D eigenvalue weighted by Gasteiger charge is -2.24. The molecule has 7 nitrogen and oxygen atoms in total. The quantitative estimate of drug-likeness (QED) is 0.519. The third-order valence-electron chi connectivity index (χ3n) is 5.11. The number of halogens is 1. The standard InChI is InChI=1S/C17H26N4O3S.ClH/c1-21-9-10-25-17(21)20-19-16(24)14(22)13(11-7-8-11)18-15(23)12-5-3-2-4-6-12;/h11-13H,2-10H2,1H3,(H,18,23)(H,19,24);1H. The van der Waals surface area contributed by atoms with E-state index in [0.717, 1.165) is 50.8 Å². The van der Waals surface area contributed by atoms with Crippen molar-refractivity contribution < 1.29 is 14.4 Å². The van der Waals surface area contributed by atoms with E-state index in [1.165, 1.54) is 6.42 Å². The van der Waals surface area contributed by atoms with E-state index in [4.69, 9.17) is 0 Å². The van der Waals surface area contributed by atoms with Gasteiger partial charge in [-0.15, -0.1) is 17.5 Å². The number of nitrogens with one attached hydrogen (secondary N) is 2. The van der Waals surface area contributed by atoms with Gasteiger partial charge in [-0.2, -0.15) is 0 Å². The molecule has 146 valence electrons. The minimum atomic E-state index is -0.741. The molecule has 3 aliphatic rings. The predicted octanol–water partition coefficient (Wildman–Crippen LogP) is 1.52. The summed E-state index contributed by atoms with van der Waals surface area (Å²) < 4.78 is 0. The summed E-state index contributed by atoms with van der Waals surface area (Å²) in [5, 5.41) is 7.59. The van der Waals surface area contributed by atoms with E-state index in [0.29, 0.717) is 5.17 Å². The van der Waals surface area contributed by atoms with Crippen molar-refractivity contribution in [3.8, 4) is 0 Å². The highest BCUT2D eigenvalue weighted by molar-refractivity contribution is 8.14. The lowest BCUT2D eigenvalue weighted by Crippen LogP contribution is -2.50. The van der Waals surface area contributed by atoms with Gasteiger partial charge >= 0.3 is 5.91 Å². The van der Waals surface area contributed by atoms with Crippen LogP contribution in [0.1, 0.15) is 44.9 Å². The van der Waals surface area contributed by atoms with Gasteiger partial charge in [-0.25, -0.2) is 5.43 Å². The Morgan fingerprint density at radius 1 is 1.15 bits per heavy atom. The molecule has 0 bridgehead atoms. The average Bonchev–Trinajstić information content (AvgIpc) is 3.39. The van der Waals surface area contributed by atoms with Crippen LogP contribution >= 0.6 is 24.2 Å². The molecule has 2 saturated carbocycles. The number of carbonyl (C=O) groups excluding carboxylic acids is 3. The van der Waals surface area contributed by atoms with Crippen molar-refractivity contribution in [2.24, 2.45) is 16.9 Å². The van der Waals surface area contributed by atoms with Crippen molar-refractivity contribution in [1.82, 2.24) is 15.6 Å². The molecule has 3 rings (SSSR count). The minimum Gasteiger partial charge on any atom is -0.352 e. The molecule has 0 aromatic rings. The maximum absolute atomic E-state index is 12.5. The number of hydrogen-bond acceptors (Lipinski definition) is 5. The SMILES string of the molecule is CN1CCSC1=NNC(=O)C(=O)C(NC(=O)C1CCCCC1)C1CC1.Cl. The second-order valence-corrected chi connectivity index (χ2v) is 8.19. The number of hydrazone groups is 1. The Morgan fingerprint density at radius 2 is 1.85 bits per heavy atom. The molecule has 0 radical (unpaired) electrons. The number of hydrogen-bond donors (Lipinski definition) is 2. The zero-order valence-corrected chi connectivity index (χ0v) is 16.7. The van der Waals surface area contributed by atoms with Crippen molar-refractivity contribution in [1.29, 1.82) is 0 Å². The summed E-state index contributed by atoms with van der Waals surface area (Å²) in [6, 6.07) is -0.705. The van der Waals surface area contributed by atoms with E-state index in [-0.39, 0.29) is 30.2 Å². The van der Waals surface area contributed by atoms with Crippen LogP contribution in [0.5, 0.6) is 0 Å². The van der Waals surface area contributed by atoms with Gasteiger partial charge in [0.2, 0.25) is 11.7 Å². The maximum Gasteiger partial charge on any atom is 0.309 e. The van der Waals surface area contributed by atoms with Crippen molar-refractivity contribution in [2.75, 3.05) is 19.3 Å². The highest BCUT2D eigenvalue weighted by Gasteiger charge is 2.41. The van der Waals surface area contributed by atoms with Gasteiger partial charge < -0.3 is 10.2 Å². The van der Waals surface area contributed by atoms with Crippen LogP contribution in [-0.4, -0.2) is 53.1 Å². The molecule has 0 aromatic carbocycles. The summed E-state index contributed by atoms with van der Waals surface area (Å²) in [6.07, 6.45) is 6.79. The Morgan fingerprint density at radius 3 is 2.42 bits per heavy atom. The number of amides is 2. The van der Waals surface area contributed by atoms with Crippen molar-refractivity contribution in [3.05, 3.63) is 0 Å². The first-order valence-corrected chi connectivity index (χ1v) is 10.1. The molecule has 3 fully saturated rings. The molecule has 1 aliphatic heterocycles. The number of ketones is 1. The summed E-state index contributed by atoms with van der Waals surface area (Å²) in [4.78, 5) is 39.1. The van der Waals surface area contributed by atoms with Gasteiger partial charge in [0.05, 0.1) is 0 Å². The van der Waals surface area contributed by atoms with Crippen molar-refractivity contribution in [3.63, 3.8) is 0 Å². The lowest BCUT2D eigenvalue weighted by molar-refractivity contribution is -0.141. The van der Waals surface area contributed by atoms with Crippen LogP contribution in [0.15, 0.2) is 5.10 Å². The molecule has 1 unspecified atom stereocenters. The summed E-state index contributed by atoms with van der Waals surface area (Å²) in [7, 11) is 1.89. The molecule has 2 aliphatic carbocycles. The molecule has 0 aromatic heterocycles. The second-order valence-electron chi connectivity index (χ2n) is 7.13. The van der Waals surface area contributed by atoms with E-state index in [1.54, 1.807) is 11.8 Å². The van der Waals surface area contributed by atoms with Crippen molar-refractivity contribution in [2.45, 2.75) is 51.0 Å². The van der Waals surface area contributed by atoms with E-state index in [9.17, 15) is 14.4 Å². The molecule has 1 saturated heterocycles. The minimum absolute atomic E-state index is 0. The number of rotatable bonds is 6. The molecule has 26 heavy (non-hydrogen) atoms. The Hall–Kier alpha value is -1.28. The predicted molar refractivity (Wildman–Crippen MR) is 104 cm³/mol. The van der Waals surface area contributed by atoms with Gasteiger partial charge in [-0.3, -0.25) is 14.4 Å². The van der Waals surface area contributed by atoms with Crippen LogP contribution in [0, 0.1) is 11.8 Å². The first-order valence-electron chi connectivity index (χ1n) is 9.12. The molecule has 1 atom stereocenters. The lowest BCUT2D eigenvalue weighted by atomic mass is 9.88. The average molecular weight is 403 g/mol. The monoisotopic (exact) mass is 402 g/mol. The van der Waals surface area contributed by atoms with E-state index < -0.39 is 17.7 Å². The summed E-state index contributed by atoms with van der Waals surface area (Å²) in [6.45, 7) is 0.870. The number of thioether (sulfide) groups is 1. The Bertz CT molecular complexity index is 576. The summed E-state index contributed by atoms with van der Waals surface area (Å²) in [5.41, 5.74) is 2.36. The van der Waals surface area contributed by atoms with E-state index in [1.807, 2.05) is 11.9 Å². The largest absolute Gasteiger partial charge is 0.352 e. The summed E-state index contributed by atoms with van der Waals surface area (Å²) in [5.74, 6) is -0.413. The summed E-state index contributed by atoms with van der Waals surface area (Å²) >= 11 is 1.54. The van der Waals surface area contributed by atoms with Crippen LogP contribution in [0.3, 0.4) is 0 Å². The normalized spacial score (nSPS) is 23.3. The van der Waals surface area contributed by atoms with Crippen LogP contribution in [0.2, 0.25) is 0 Å². The maximum atomic E-state index is 12.5. The molecule has 1 heterocycles. The van der Waals surface area contributed by atoms with Gasteiger partial charge in [-0.05, 0) is 31.6 Å². The highest BCUT2D eigenvalue weighted by atomic mass is 35.5.